The van der Waals surface area contributed by atoms with Crippen LogP contribution in [0.1, 0.15) is 46.2 Å². The van der Waals surface area contributed by atoms with Crippen molar-refractivity contribution in [2.75, 3.05) is 13.1 Å². The highest BCUT2D eigenvalue weighted by Crippen LogP contribution is 2.46. The summed E-state index contributed by atoms with van der Waals surface area (Å²) in [6, 6.07) is 5.55. The minimum atomic E-state index is -1.57. The van der Waals surface area contributed by atoms with Crippen molar-refractivity contribution in [2.24, 2.45) is 0 Å². The van der Waals surface area contributed by atoms with E-state index in [4.69, 9.17) is 14.9 Å². The monoisotopic (exact) mass is 506 g/mol. The number of nitrogens with one attached hydrogen (secondary N) is 1. The van der Waals surface area contributed by atoms with Gasteiger partial charge in [-0.25, -0.2) is 9.59 Å². The third-order valence-electron chi connectivity index (χ3n) is 6.70. The molecule has 2 amide bonds. The zero-order valence-electron chi connectivity index (χ0n) is 19.6. The lowest BCUT2D eigenvalue weighted by Gasteiger charge is -2.30. The van der Waals surface area contributed by atoms with Crippen LogP contribution in [0, 0.1) is 0 Å². The fourth-order valence-electron chi connectivity index (χ4n) is 5.02. The number of nitrogens with zero attached hydrogens (tertiary/aromatic N) is 4. The molecule has 2 aliphatic rings. The van der Waals surface area contributed by atoms with Gasteiger partial charge in [0.15, 0.2) is 12.4 Å². The molecule has 3 atom stereocenters. The second kappa shape index (κ2) is 9.80. The average molecular weight is 506 g/mol. The SMILES string of the molecule is O=C(O)C[C@@H](NC(=O)c1ccc[n+](COC(=O)N2CC3CC(C2)c2cc4nccnc4cc23)c1)C(=O)O. The lowest BCUT2D eigenvalue weighted by Crippen LogP contribution is -2.45. The molecule has 1 aromatic carbocycles. The van der Waals surface area contributed by atoms with Crippen LogP contribution in [0.5, 0.6) is 0 Å². The maximum atomic E-state index is 12.9. The summed E-state index contributed by atoms with van der Waals surface area (Å²) in [7, 11) is 0. The number of likely N-dealkylation sites (tertiary alicyclic amines) is 1. The molecule has 2 bridgehead atoms. The summed E-state index contributed by atoms with van der Waals surface area (Å²) in [5, 5.41) is 20.2. The quantitative estimate of drug-likeness (QED) is 0.400. The summed E-state index contributed by atoms with van der Waals surface area (Å²) in [5.74, 6) is -3.16. The van der Waals surface area contributed by atoms with E-state index in [-0.39, 0.29) is 24.1 Å². The fourth-order valence-corrected chi connectivity index (χ4v) is 5.02. The Hall–Kier alpha value is -4.61. The van der Waals surface area contributed by atoms with E-state index in [2.05, 4.69) is 27.4 Å². The number of carbonyl (C=O) groups excluding carboxylic acids is 2. The molecule has 2 unspecified atom stereocenters. The average Bonchev–Trinajstić information content (AvgIpc) is 3.13. The van der Waals surface area contributed by atoms with E-state index in [9.17, 15) is 19.2 Å². The smallest absolute Gasteiger partial charge is 0.414 e. The molecule has 37 heavy (non-hydrogen) atoms. The second-order valence-electron chi connectivity index (χ2n) is 9.17. The molecule has 12 nitrogen and oxygen atoms in total. The van der Waals surface area contributed by atoms with Gasteiger partial charge in [0.25, 0.3) is 12.6 Å². The van der Waals surface area contributed by atoms with Crippen molar-refractivity contribution in [3.63, 3.8) is 0 Å². The normalized spacial score (nSPS) is 18.6. The van der Waals surface area contributed by atoms with Crippen LogP contribution >= 0.6 is 0 Å². The van der Waals surface area contributed by atoms with Crippen LogP contribution < -0.4 is 9.88 Å². The number of hydrogen-bond donors (Lipinski definition) is 3. The summed E-state index contributed by atoms with van der Waals surface area (Å²) in [4.78, 5) is 57.9. The van der Waals surface area contributed by atoms with E-state index in [0.29, 0.717) is 13.1 Å². The molecule has 2 aromatic heterocycles. The van der Waals surface area contributed by atoms with Crippen LogP contribution in [0.15, 0.2) is 49.1 Å². The van der Waals surface area contributed by atoms with Gasteiger partial charge >= 0.3 is 18.0 Å². The van der Waals surface area contributed by atoms with Crippen LogP contribution in [-0.2, 0) is 21.1 Å². The van der Waals surface area contributed by atoms with Crippen LogP contribution in [0.25, 0.3) is 11.0 Å². The third kappa shape index (κ3) is 5.03. The van der Waals surface area contributed by atoms with Gasteiger partial charge in [0.1, 0.15) is 11.6 Å². The minimum absolute atomic E-state index is 0.0935. The number of carboxylic acid groups (broad SMARTS) is 2. The number of aliphatic carboxylic acids is 2. The molecule has 190 valence electrons. The van der Waals surface area contributed by atoms with Gasteiger partial charge in [-0.1, -0.05) is 0 Å². The Morgan fingerprint density at radius 2 is 1.73 bits per heavy atom. The first-order valence-corrected chi connectivity index (χ1v) is 11.7. The lowest BCUT2D eigenvalue weighted by atomic mass is 9.96. The Morgan fingerprint density at radius 3 is 2.32 bits per heavy atom. The van der Waals surface area contributed by atoms with Crippen molar-refractivity contribution in [1.82, 2.24) is 20.2 Å². The predicted molar refractivity (Wildman–Crippen MR) is 125 cm³/mol. The predicted octanol–water partition coefficient (Wildman–Crippen LogP) is 1.26. The second-order valence-corrected chi connectivity index (χ2v) is 9.17. The number of benzene rings is 1. The number of ether oxygens (including phenoxy) is 1. The number of carboxylic acids is 2. The zero-order valence-corrected chi connectivity index (χ0v) is 19.6. The Bertz CT molecular complexity index is 1360. The Labute approximate surface area is 210 Å². The van der Waals surface area contributed by atoms with Crippen molar-refractivity contribution in [3.05, 3.63) is 65.7 Å². The molecule has 5 rings (SSSR count). The highest BCUT2D eigenvalue weighted by molar-refractivity contribution is 5.96. The number of aromatic nitrogens is 3. The van der Waals surface area contributed by atoms with Gasteiger partial charge < -0.3 is 25.2 Å². The van der Waals surface area contributed by atoms with E-state index in [1.165, 1.54) is 28.0 Å². The number of piperidine rings is 1. The first kappa shape index (κ1) is 24.1. The molecular formula is C25H24N5O7+. The van der Waals surface area contributed by atoms with Gasteiger partial charge in [0, 0.05) is 43.4 Å². The van der Waals surface area contributed by atoms with E-state index in [1.54, 1.807) is 29.6 Å². The molecule has 1 aliphatic heterocycles. The number of fused-ring (bicyclic) bond motifs is 6. The molecule has 0 spiro atoms. The highest BCUT2D eigenvalue weighted by atomic mass is 16.6. The van der Waals surface area contributed by atoms with Gasteiger partial charge in [-0.05, 0) is 35.7 Å². The van der Waals surface area contributed by atoms with E-state index in [1.807, 2.05) is 0 Å². The van der Waals surface area contributed by atoms with E-state index >= 15 is 0 Å². The van der Waals surface area contributed by atoms with E-state index < -0.39 is 36.4 Å². The number of rotatable bonds is 7. The summed E-state index contributed by atoms with van der Waals surface area (Å²) in [6.07, 6.45) is 6.04. The number of carbonyl (C=O) groups is 4. The van der Waals surface area contributed by atoms with Crippen molar-refractivity contribution in [2.45, 2.75) is 37.5 Å². The first-order valence-electron chi connectivity index (χ1n) is 11.7. The maximum absolute atomic E-state index is 12.9. The highest BCUT2D eigenvalue weighted by Gasteiger charge is 2.40. The maximum Gasteiger partial charge on any atom is 0.414 e. The van der Waals surface area contributed by atoms with Crippen LogP contribution in [-0.4, -0.2) is 68.2 Å². The fraction of sp³-hybridized carbons (Fsp3) is 0.320. The van der Waals surface area contributed by atoms with Gasteiger partial charge in [-0.2, -0.15) is 4.57 Å². The lowest BCUT2D eigenvalue weighted by molar-refractivity contribution is -0.727. The molecule has 3 N–H and O–H groups in total. The molecule has 12 heteroatoms. The minimum Gasteiger partial charge on any atom is -0.481 e. The Morgan fingerprint density at radius 1 is 1.08 bits per heavy atom. The zero-order chi connectivity index (χ0) is 26.1. The van der Waals surface area contributed by atoms with Crippen molar-refractivity contribution < 1.29 is 38.7 Å². The number of pyridine rings is 1. The van der Waals surface area contributed by atoms with Crippen LogP contribution in [0.2, 0.25) is 0 Å². The molecular weight excluding hydrogens is 482 g/mol. The van der Waals surface area contributed by atoms with Crippen LogP contribution in [0.3, 0.4) is 0 Å². The number of amides is 2. The topological polar surface area (TPSA) is 163 Å². The molecule has 1 fully saturated rings. The molecule has 3 aromatic rings. The van der Waals surface area contributed by atoms with Crippen LogP contribution in [0.4, 0.5) is 4.79 Å². The Kier molecular flexibility index (Phi) is 6.38. The van der Waals surface area contributed by atoms with E-state index in [0.717, 1.165) is 17.5 Å². The molecule has 3 heterocycles. The Balaban J connectivity index is 1.21. The summed E-state index contributed by atoms with van der Waals surface area (Å²) >= 11 is 0. The molecule has 1 saturated heterocycles. The first-order chi connectivity index (χ1) is 17.8. The van der Waals surface area contributed by atoms with Crippen molar-refractivity contribution in [3.8, 4) is 0 Å². The van der Waals surface area contributed by atoms with Gasteiger partial charge in [0.05, 0.1) is 17.5 Å². The standard InChI is InChI=1S/C25H23N5O7/c31-22(32)9-21(24(34)35)28-23(33)14-2-1-5-29(10-14)13-37-25(36)30-11-15-6-16(12-30)18-8-20-19(7-17(15)18)26-3-4-27-20/h1-5,7-8,10,15-16,21H,6,9,11-13H2,(H2-,28,31,32,33,34,35)/p+1/t15?,16?,21-/m1/s1. The van der Waals surface area contributed by atoms with Gasteiger partial charge in [0.2, 0.25) is 0 Å². The molecule has 0 saturated carbocycles. The van der Waals surface area contributed by atoms with Gasteiger partial charge in [-0.15, -0.1) is 0 Å². The molecule has 0 radical (unpaired) electrons. The summed E-state index contributed by atoms with van der Waals surface area (Å²) < 4.78 is 6.97. The summed E-state index contributed by atoms with van der Waals surface area (Å²) in [6.45, 7) is 0.899. The largest absolute Gasteiger partial charge is 0.481 e. The summed E-state index contributed by atoms with van der Waals surface area (Å²) in [5.41, 5.74) is 4.16. The third-order valence-corrected chi connectivity index (χ3v) is 6.70. The van der Waals surface area contributed by atoms with Crippen molar-refractivity contribution >= 4 is 35.0 Å². The van der Waals surface area contributed by atoms with Crippen molar-refractivity contribution in [1.29, 1.82) is 0 Å². The van der Waals surface area contributed by atoms with Gasteiger partial charge in [-0.3, -0.25) is 19.6 Å². The molecule has 1 aliphatic carbocycles. The number of hydrogen-bond acceptors (Lipinski definition) is 7.